The van der Waals surface area contributed by atoms with Crippen molar-refractivity contribution in [2.24, 2.45) is 11.8 Å². The summed E-state index contributed by atoms with van der Waals surface area (Å²) >= 11 is 0. The van der Waals surface area contributed by atoms with Gasteiger partial charge in [0.15, 0.2) is 0 Å². The fourth-order valence-corrected chi connectivity index (χ4v) is 5.24. The van der Waals surface area contributed by atoms with Gasteiger partial charge in [-0.15, -0.1) is 0 Å². The maximum absolute atomic E-state index is 13.0. The summed E-state index contributed by atoms with van der Waals surface area (Å²) in [6.45, 7) is 8.27. The average Bonchev–Trinajstić information content (AvgIpc) is 3.32. The largest absolute Gasteiger partial charge is 0.345 e. The van der Waals surface area contributed by atoms with Crippen LogP contribution in [0.4, 0.5) is 0 Å². The van der Waals surface area contributed by atoms with E-state index >= 15 is 0 Å². The van der Waals surface area contributed by atoms with Crippen LogP contribution in [0, 0.1) is 11.8 Å². The lowest BCUT2D eigenvalue weighted by atomic mass is 9.92. The molecular weight excluding hydrogens is 376 g/mol. The first kappa shape index (κ1) is 21.7. The smallest absolute Gasteiger partial charge is 0.226 e. The van der Waals surface area contributed by atoms with Gasteiger partial charge in [0.1, 0.15) is 0 Å². The number of aromatic nitrogens is 1. The van der Waals surface area contributed by atoms with E-state index in [1.165, 1.54) is 18.4 Å². The molecule has 0 aromatic carbocycles. The van der Waals surface area contributed by atoms with Crippen LogP contribution in [0.2, 0.25) is 0 Å². The van der Waals surface area contributed by atoms with Gasteiger partial charge in [0.05, 0.1) is 5.92 Å². The number of pyridine rings is 1. The molecule has 3 aliphatic heterocycles. The molecule has 4 rings (SSSR count). The molecule has 1 aromatic rings. The number of carbonyl (C=O) groups excluding carboxylic acids is 1. The number of amides is 1. The van der Waals surface area contributed by atoms with Gasteiger partial charge in [-0.2, -0.15) is 0 Å². The summed E-state index contributed by atoms with van der Waals surface area (Å²) in [6.07, 6.45) is 9.50. The molecule has 1 amide bonds. The fourth-order valence-electron chi connectivity index (χ4n) is 5.24. The number of nitrogens with zero attached hydrogens (tertiary/aromatic N) is 4. The van der Waals surface area contributed by atoms with Crippen LogP contribution in [-0.2, 0) is 11.3 Å². The minimum Gasteiger partial charge on any atom is -0.345 e. The Kier molecular flexibility index (Phi) is 7.71. The number of hydrogen-bond acceptors (Lipinski definition) is 6. The molecule has 0 bridgehead atoms. The Labute approximate surface area is 181 Å². The Hall–Kier alpha value is -1.54. The van der Waals surface area contributed by atoms with Gasteiger partial charge in [0.2, 0.25) is 5.91 Å². The summed E-state index contributed by atoms with van der Waals surface area (Å²) in [6, 6.07) is 4.81. The van der Waals surface area contributed by atoms with Crippen molar-refractivity contribution >= 4 is 5.91 Å². The number of nitrogens with one attached hydrogen (secondary N) is 2. The van der Waals surface area contributed by atoms with Crippen molar-refractivity contribution in [1.29, 1.82) is 0 Å². The van der Waals surface area contributed by atoms with Gasteiger partial charge in [-0.25, -0.2) is 0 Å². The highest BCUT2D eigenvalue weighted by molar-refractivity contribution is 5.78. The first-order valence-corrected chi connectivity index (χ1v) is 11.7. The Morgan fingerprint density at radius 1 is 1.20 bits per heavy atom. The van der Waals surface area contributed by atoms with Crippen LogP contribution in [0.15, 0.2) is 24.5 Å². The van der Waals surface area contributed by atoms with Gasteiger partial charge < -0.3 is 4.90 Å². The monoisotopic (exact) mass is 414 g/mol. The molecule has 1 aromatic heterocycles. The Balaban J connectivity index is 1.21. The number of rotatable bonds is 7. The van der Waals surface area contributed by atoms with Crippen molar-refractivity contribution in [3.8, 4) is 0 Å². The molecule has 3 aliphatic rings. The molecule has 30 heavy (non-hydrogen) atoms. The molecule has 7 heteroatoms. The second-order valence-electron chi connectivity index (χ2n) is 9.38. The number of carbonyl (C=O) groups is 1. The van der Waals surface area contributed by atoms with Crippen LogP contribution in [0.25, 0.3) is 0 Å². The lowest BCUT2D eigenvalue weighted by Gasteiger charge is -2.42. The molecule has 166 valence electrons. The van der Waals surface area contributed by atoms with Gasteiger partial charge in [0, 0.05) is 58.2 Å². The van der Waals surface area contributed by atoms with Gasteiger partial charge in [-0.05, 0) is 69.3 Å². The topological polar surface area (TPSA) is 63.7 Å². The maximum atomic E-state index is 13.0. The molecule has 4 heterocycles. The van der Waals surface area contributed by atoms with Crippen LogP contribution in [0.1, 0.15) is 37.7 Å². The van der Waals surface area contributed by atoms with Crippen molar-refractivity contribution in [2.75, 3.05) is 52.9 Å². The summed E-state index contributed by atoms with van der Waals surface area (Å²) in [4.78, 5) is 24.4. The highest BCUT2D eigenvalue weighted by Gasteiger charge is 2.33. The second kappa shape index (κ2) is 10.7. The molecule has 0 radical (unpaired) electrons. The van der Waals surface area contributed by atoms with E-state index in [9.17, 15) is 4.79 Å². The fraction of sp³-hybridized carbons (Fsp3) is 0.739. The predicted octanol–water partition coefficient (Wildman–Crippen LogP) is 1.33. The first-order valence-electron chi connectivity index (χ1n) is 11.7. The number of piperidine rings is 2. The molecule has 3 fully saturated rings. The van der Waals surface area contributed by atoms with Gasteiger partial charge in [-0.1, -0.05) is 6.07 Å². The lowest BCUT2D eigenvalue weighted by molar-refractivity contribution is -0.136. The number of hydrogen-bond donors (Lipinski definition) is 2. The zero-order chi connectivity index (χ0) is 20.8. The van der Waals surface area contributed by atoms with Crippen LogP contribution in [0.5, 0.6) is 0 Å². The van der Waals surface area contributed by atoms with Crippen molar-refractivity contribution in [1.82, 2.24) is 30.5 Å². The first-order chi connectivity index (χ1) is 14.7. The van der Waals surface area contributed by atoms with Crippen molar-refractivity contribution in [2.45, 2.75) is 44.7 Å². The summed E-state index contributed by atoms with van der Waals surface area (Å²) in [7, 11) is 1.99. The molecular formula is C23H38N6O. The Morgan fingerprint density at radius 3 is 2.73 bits per heavy atom. The summed E-state index contributed by atoms with van der Waals surface area (Å²) in [5, 5.41) is 0. The van der Waals surface area contributed by atoms with E-state index in [2.05, 4.69) is 31.7 Å². The van der Waals surface area contributed by atoms with E-state index < -0.39 is 0 Å². The molecule has 0 aliphatic carbocycles. The quantitative estimate of drug-likeness (QED) is 0.702. The zero-order valence-corrected chi connectivity index (χ0v) is 18.4. The SMILES string of the molecule is CN(CCC1CNNC1)C(=O)C1CCCN(C2CCN(Cc3cccnc3)CC2)C1. The minimum absolute atomic E-state index is 0.178. The highest BCUT2D eigenvalue weighted by atomic mass is 16.2. The molecule has 3 saturated heterocycles. The molecule has 1 unspecified atom stereocenters. The van der Waals surface area contributed by atoms with Crippen LogP contribution >= 0.6 is 0 Å². The minimum atomic E-state index is 0.178. The van der Waals surface area contributed by atoms with Crippen molar-refractivity contribution in [3.05, 3.63) is 30.1 Å². The van der Waals surface area contributed by atoms with Gasteiger partial charge in [0.25, 0.3) is 0 Å². The summed E-state index contributed by atoms with van der Waals surface area (Å²) in [5.41, 5.74) is 7.66. The number of likely N-dealkylation sites (tertiary alicyclic amines) is 2. The lowest BCUT2D eigenvalue weighted by Crippen LogP contribution is -2.51. The predicted molar refractivity (Wildman–Crippen MR) is 119 cm³/mol. The zero-order valence-electron chi connectivity index (χ0n) is 18.4. The third-order valence-corrected chi connectivity index (χ3v) is 7.16. The van der Waals surface area contributed by atoms with Crippen LogP contribution in [0.3, 0.4) is 0 Å². The van der Waals surface area contributed by atoms with E-state index in [1.807, 2.05) is 30.4 Å². The molecule has 2 N–H and O–H groups in total. The van der Waals surface area contributed by atoms with E-state index in [1.54, 1.807) is 0 Å². The third-order valence-electron chi connectivity index (χ3n) is 7.16. The highest BCUT2D eigenvalue weighted by Crippen LogP contribution is 2.25. The van der Waals surface area contributed by atoms with E-state index in [-0.39, 0.29) is 5.92 Å². The third kappa shape index (κ3) is 5.78. The van der Waals surface area contributed by atoms with E-state index in [0.29, 0.717) is 17.9 Å². The molecule has 7 nitrogen and oxygen atoms in total. The molecule has 0 spiro atoms. The van der Waals surface area contributed by atoms with Gasteiger partial charge >= 0.3 is 0 Å². The second-order valence-corrected chi connectivity index (χ2v) is 9.38. The van der Waals surface area contributed by atoms with Crippen LogP contribution < -0.4 is 10.9 Å². The maximum Gasteiger partial charge on any atom is 0.226 e. The average molecular weight is 415 g/mol. The van der Waals surface area contributed by atoms with Crippen molar-refractivity contribution < 1.29 is 4.79 Å². The Bertz CT molecular complexity index is 657. The van der Waals surface area contributed by atoms with Crippen molar-refractivity contribution in [3.63, 3.8) is 0 Å². The standard InChI is InChI=1S/C23H38N6O/c1-27(11-6-19-15-25-26-16-19)23(30)21-5-3-10-29(18-21)22-7-12-28(13-8-22)17-20-4-2-9-24-14-20/h2,4,9,14,19,21-22,25-26H,3,5-8,10-13,15-18H2,1H3. The molecule has 1 atom stereocenters. The normalized spacial score (nSPS) is 24.9. The summed E-state index contributed by atoms with van der Waals surface area (Å²) in [5.74, 6) is 1.17. The molecule has 0 saturated carbocycles. The summed E-state index contributed by atoms with van der Waals surface area (Å²) < 4.78 is 0. The number of hydrazine groups is 1. The van der Waals surface area contributed by atoms with Gasteiger partial charge in [-0.3, -0.25) is 30.4 Å². The van der Waals surface area contributed by atoms with Crippen LogP contribution in [-0.4, -0.2) is 84.5 Å². The Morgan fingerprint density at radius 2 is 2.00 bits per heavy atom. The van der Waals surface area contributed by atoms with E-state index in [4.69, 9.17) is 0 Å². The van der Waals surface area contributed by atoms with E-state index in [0.717, 1.165) is 71.6 Å².